The molecule has 2 rings (SSSR count). The number of esters is 1. The molecule has 0 radical (unpaired) electrons. The number of hydrogen-bond acceptors (Lipinski definition) is 6. The van der Waals surface area contributed by atoms with Crippen molar-refractivity contribution in [1.29, 1.82) is 0 Å². The first-order valence-electron chi connectivity index (χ1n) is 6.15. The molecule has 0 saturated heterocycles. The summed E-state index contributed by atoms with van der Waals surface area (Å²) in [6, 6.07) is 3.55. The Morgan fingerprint density at radius 3 is 3.10 bits per heavy atom. The van der Waals surface area contributed by atoms with Crippen molar-refractivity contribution in [3.63, 3.8) is 0 Å². The topological polar surface area (TPSA) is 81.0 Å². The molecule has 108 valence electrons. The second kappa shape index (κ2) is 7.49. The van der Waals surface area contributed by atoms with Crippen LogP contribution in [0.5, 0.6) is 0 Å². The average Bonchev–Trinajstić information content (AvgIpc) is 3.05. The predicted molar refractivity (Wildman–Crippen MR) is 78.4 cm³/mol. The zero-order chi connectivity index (χ0) is 14.4. The van der Waals surface area contributed by atoms with E-state index in [4.69, 9.17) is 9.15 Å². The predicted octanol–water partition coefficient (Wildman–Crippen LogP) is 3.26. The van der Waals surface area contributed by atoms with Gasteiger partial charge in [0.05, 0.1) is 12.4 Å². The van der Waals surface area contributed by atoms with Gasteiger partial charge in [-0.2, -0.15) is 4.98 Å². The third-order valence-corrected chi connectivity index (χ3v) is 3.60. The summed E-state index contributed by atoms with van der Waals surface area (Å²) in [6.45, 7) is 2.51. The van der Waals surface area contributed by atoms with Crippen LogP contribution in [0.15, 0.2) is 26.4 Å². The largest absolute Gasteiger partial charge is 0.465 e. The van der Waals surface area contributed by atoms with Crippen LogP contribution < -0.4 is 0 Å². The summed E-state index contributed by atoms with van der Waals surface area (Å²) < 4.78 is 11.0. The van der Waals surface area contributed by atoms with E-state index in [1.807, 2.05) is 6.92 Å². The van der Waals surface area contributed by atoms with Gasteiger partial charge in [0.15, 0.2) is 16.3 Å². The van der Waals surface area contributed by atoms with E-state index in [2.05, 4.69) is 31.1 Å². The van der Waals surface area contributed by atoms with Gasteiger partial charge in [0.25, 0.3) is 0 Å². The maximum Gasteiger partial charge on any atom is 0.316 e. The smallest absolute Gasteiger partial charge is 0.316 e. The molecule has 0 aliphatic carbocycles. The van der Waals surface area contributed by atoms with Crippen LogP contribution in [0.2, 0.25) is 0 Å². The van der Waals surface area contributed by atoms with E-state index < -0.39 is 0 Å². The number of rotatable bonds is 7. The van der Waals surface area contributed by atoms with E-state index in [1.165, 1.54) is 11.8 Å². The highest BCUT2D eigenvalue weighted by Gasteiger charge is 2.11. The van der Waals surface area contributed by atoms with Crippen molar-refractivity contribution in [2.75, 3.05) is 12.4 Å². The number of carbonyl (C=O) groups is 1. The summed E-state index contributed by atoms with van der Waals surface area (Å²) in [6.07, 6.45) is 1.89. The van der Waals surface area contributed by atoms with Gasteiger partial charge in [-0.25, -0.2) is 0 Å². The molecular formula is C12H14BrN3O3S. The number of furan rings is 1. The number of aromatic nitrogens is 3. The zero-order valence-corrected chi connectivity index (χ0v) is 13.3. The molecule has 0 spiro atoms. The number of halogens is 1. The number of thioether (sulfide) groups is 1. The molecule has 0 amide bonds. The van der Waals surface area contributed by atoms with Crippen molar-refractivity contribution in [3.05, 3.63) is 16.8 Å². The third-order valence-electron chi connectivity index (χ3n) is 2.35. The van der Waals surface area contributed by atoms with Crippen LogP contribution in [0.4, 0.5) is 0 Å². The lowest BCUT2D eigenvalue weighted by Gasteiger charge is -2.01. The Morgan fingerprint density at radius 2 is 2.40 bits per heavy atom. The lowest BCUT2D eigenvalue weighted by Crippen LogP contribution is -2.08. The number of H-pyrrole nitrogens is 1. The fraction of sp³-hybridized carbons (Fsp3) is 0.417. The molecule has 0 aromatic carbocycles. The summed E-state index contributed by atoms with van der Waals surface area (Å²) in [7, 11) is 0. The first-order chi connectivity index (χ1) is 9.69. The Hall–Kier alpha value is -1.28. The van der Waals surface area contributed by atoms with Crippen LogP contribution in [0.25, 0.3) is 11.6 Å². The minimum atomic E-state index is -0.254. The molecule has 1 N–H and O–H groups in total. The van der Waals surface area contributed by atoms with Gasteiger partial charge in [-0.1, -0.05) is 25.1 Å². The average molecular weight is 360 g/mol. The van der Waals surface area contributed by atoms with E-state index in [-0.39, 0.29) is 11.7 Å². The van der Waals surface area contributed by atoms with Gasteiger partial charge in [0.1, 0.15) is 0 Å². The quantitative estimate of drug-likeness (QED) is 0.464. The minimum absolute atomic E-state index is 0.197. The van der Waals surface area contributed by atoms with Crippen molar-refractivity contribution >= 4 is 33.7 Å². The normalized spacial score (nSPS) is 10.7. The lowest BCUT2D eigenvalue weighted by molar-refractivity contribution is -0.140. The molecule has 0 aliphatic heterocycles. The fourth-order valence-electron chi connectivity index (χ4n) is 1.36. The van der Waals surface area contributed by atoms with Crippen molar-refractivity contribution in [1.82, 2.24) is 15.2 Å². The van der Waals surface area contributed by atoms with Crippen molar-refractivity contribution in [2.24, 2.45) is 0 Å². The molecule has 20 heavy (non-hydrogen) atoms. The van der Waals surface area contributed by atoms with Crippen LogP contribution in [0, 0.1) is 0 Å². The molecule has 2 aromatic heterocycles. The molecule has 0 saturated carbocycles. The van der Waals surface area contributed by atoms with Gasteiger partial charge in [-0.15, -0.1) is 5.10 Å². The fourth-order valence-corrected chi connectivity index (χ4v) is 2.26. The maximum atomic E-state index is 11.4. The summed E-state index contributed by atoms with van der Waals surface area (Å²) in [5, 5.41) is 7.26. The molecule has 2 aromatic rings. The summed E-state index contributed by atoms with van der Waals surface area (Å²) >= 11 is 4.45. The Morgan fingerprint density at radius 1 is 1.55 bits per heavy atom. The van der Waals surface area contributed by atoms with Crippen molar-refractivity contribution in [2.45, 2.75) is 24.9 Å². The minimum Gasteiger partial charge on any atom is -0.465 e. The van der Waals surface area contributed by atoms with Crippen LogP contribution >= 0.6 is 27.7 Å². The molecule has 0 bridgehead atoms. The number of nitrogens with one attached hydrogen (secondary N) is 1. The van der Waals surface area contributed by atoms with E-state index in [0.717, 1.165) is 12.8 Å². The summed E-state index contributed by atoms with van der Waals surface area (Å²) in [5.74, 6) is 1.05. The SMILES string of the molecule is CCCCOC(=O)CSc1n[nH]c(-c2ccc(Br)o2)n1. The first-order valence-corrected chi connectivity index (χ1v) is 7.93. The van der Waals surface area contributed by atoms with E-state index in [1.54, 1.807) is 12.1 Å². The van der Waals surface area contributed by atoms with Gasteiger partial charge in [0, 0.05) is 0 Å². The van der Waals surface area contributed by atoms with Gasteiger partial charge >= 0.3 is 5.97 Å². The van der Waals surface area contributed by atoms with E-state index in [9.17, 15) is 4.79 Å². The number of nitrogens with zero attached hydrogens (tertiary/aromatic N) is 2. The van der Waals surface area contributed by atoms with Crippen molar-refractivity contribution < 1.29 is 13.9 Å². The number of hydrogen-bond donors (Lipinski definition) is 1. The van der Waals surface area contributed by atoms with Crippen molar-refractivity contribution in [3.8, 4) is 11.6 Å². The van der Waals surface area contributed by atoms with Crippen LogP contribution in [-0.4, -0.2) is 33.5 Å². The first kappa shape index (κ1) is 15.1. The molecule has 0 fully saturated rings. The Kier molecular flexibility index (Phi) is 5.66. The highest BCUT2D eigenvalue weighted by molar-refractivity contribution is 9.10. The van der Waals surface area contributed by atoms with Gasteiger partial charge in [-0.3, -0.25) is 9.89 Å². The van der Waals surface area contributed by atoms with Crippen LogP contribution in [0.1, 0.15) is 19.8 Å². The third kappa shape index (κ3) is 4.38. The molecule has 8 heteroatoms. The second-order valence-electron chi connectivity index (χ2n) is 3.93. The van der Waals surface area contributed by atoms with E-state index in [0.29, 0.717) is 28.0 Å². The van der Waals surface area contributed by atoms with Gasteiger partial charge < -0.3 is 9.15 Å². The number of aromatic amines is 1. The van der Waals surface area contributed by atoms with Gasteiger partial charge in [0.2, 0.25) is 5.16 Å². The van der Waals surface area contributed by atoms with Gasteiger partial charge in [-0.05, 0) is 34.5 Å². The number of carbonyl (C=O) groups excluding carboxylic acids is 1. The number of unbranched alkanes of at least 4 members (excludes halogenated alkanes) is 1. The maximum absolute atomic E-state index is 11.4. The summed E-state index contributed by atoms with van der Waals surface area (Å²) in [4.78, 5) is 15.7. The lowest BCUT2D eigenvalue weighted by atomic mass is 10.4. The molecule has 2 heterocycles. The van der Waals surface area contributed by atoms with E-state index >= 15 is 0 Å². The molecular weight excluding hydrogens is 346 g/mol. The Bertz CT molecular complexity index is 570. The zero-order valence-electron chi connectivity index (χ0n) is 10.9. The Balaban J connectivity index is 1.82. The second-order valence-corrected chi connectivity index (χ2v) is 5.66. The number of ether oxygens (including phenoxy) is 1. The highest BCUT2D eigenvalue weighted by atomic mass is 79.9. The molecule has 6 nitrogen and oxygen atoms in total. The highest BCUT2D eigenvalue weighted by Crippen LogP contribution is 2.23. The molecule has 0 unspecified atom stereocenters. The molecule has 0 aliphatic rings. The molecule has 0 atom stereocenters. The standard InChI is InChI=1S/C12H14BrN3O3S/c1-2-3-6-18-10(17)7-20-12-14-11(15-16-12)8-4-5-9(13)19-8/h4-5H,2-3,6-7H2,1H3,(H,14,15,16). The van der Waals surface area contributed by atoms with Crippen LogP contribution in [0.3, 0.4) is 0 Å². The monoisotopic (exact) mass is 359 g/mol. The summed E-state index contributed by atoms with van der Waals surface area (Å²) in [5.41, 5.74) is 0. The Labute approximate surface area is 128 Å². The van der Waals surface area contributed by atoms with Crippen LogP contribution in [-0.2, 0) is 9.53 Å².